The van der Waals surface area contributed by atoms with Gasteiger partial charge in [0.05, 0.1) is 12.7 Å². The molecule has 1 heterocycles. The molecular weight excluding hydrogens is 278 g/mol. The number of rotatable bonds is 5. The minimum atomic E-state index is -0.0427. The van der Waals surface area contributed by atoms with E-state index in [1.54, 1.807) is 13.4 Å². The highest BCUT2D eigenvalue weighted by molar-refractivity contribution is 6.06. The fourth-order valence-electron chi connectivity index (χ4n) is 3.72. The Morgan fingerprint density at radius 1 is 1.41 bits per heavy atom. The first kappa shape index (κ1) is 13.7. The monoisotopic (exact) mass is 299 g/mol. The van der Waals surface area contributed by atoms with Crippen LogP contribution in [0, 0.1) is 11.3 Å². The van der Waals surface area contributed by atoms with Crippen LogP contribution in [0.2, 0.25) is 0 Å². The van der Waals surface area contributed by atoms with Crippen molar-refractivity contribution >= 4 is 16.9 Å². The topological polar surface area (TPSA) is 51.5 Å². The average molecular weight is 299 g/mol. The highest BCUT2D eigenvalue weighted by Gasteiger charge is 2.48. The van der Waals surface area contributed by atoms with Gasteiger partial charge < -0.3 is 14.5 Å². The van der Waals surface area contributed by atoms with Crippen molar-refractivity contribution in [1.82, 2.24) is 5.32 Å². The van der Waals surface area contributed by atoms with Crippen LogP contribution < -0.4 is 10.1 Å². The Kier molecular flexibility index (Phi) is 3.13. The Morgan fingerprint density at radius 2 is 2.23 bits per heavy atom. The van der Waals surface area contributed by atoms with E-state index in [9.17, 15) is 4.79 Å². The summed E-state index contributed by atoms with van der Waals surface area (Å²) < 4.78 is 10.7. The highest BCUT2D eigenvalue weighted by atomic mass is 16.5. The van der Waals surface area contributed by atoms with E-state index in [-0.39, 0.29) is 5.91 Å². The number of carbonyl (C=O) groups excluding carboxylic acids is 1. The molecular formula is C18H21NO3. The zero-order chi connectivity index (χ0) is 15.2. The number of furan rings is 1. The number of fused-ring (bicyclic) bond motifs is 1. The lowest BCUT2D eigenvalue weighted by atomic mass is 9.65. The van der Waals surface area contributed by atoms with E-state index in [4.69, 9.17) is 9.15 Å². The van der Waals surface area contributed by atoms with E-state index in [1.807, 2.05) is 18.2 Å². The third-order valence-electron chi connectivity index (χ3n) is 5.42. The first-order valence-corrected chi connectivity index (χ1v) is 8.05. The Bertz CT molecular complexity index is 710. The number of carbonyl (C=O) groups is 1. The zero-order valence-corrected chi connectivity index (χ0v) is 12.9. The van der Waals surface area contributed by atoms with E-state index in [1.165, 1.54) is 32.1 Å². The van der Waals surface area contributed by atoms with Gasteiger partial charge in [0.15, 0.2) is 0 Å². The summed E-state index contributed by atoms with van der Waals surface area (Å²) in [7, 11) is 1.62. The molecule has 1 amide bonds. The van der Waals surface area contributed by atoms with Crippen LogP contribution in [0.4, 0.5) is 0 Å². The number of methoxy groups -OCH3 is 1. The summed E-state index contributed by atoms with van der Waals surface area (Å²) in [5.41, 5.74) is 1.69. The van der Waals surface area contributed by atoms with Gasteiger partial charge in [-0.1, -0.05) is 6.42 Å². The van der Waals surface area contributed by atoms with E-state index in [0.717, 1.165) is 23.6 Å². The third-order valence-corrected chi connectivity index (χ3v) is 5.42. The largest absolute Gasteiger partial charge is 0.497 e. The van der Waals surface area contributed by atoms with Crippen LogP contribution in [0.5, 0.6) is 5.75 Å². The number of hydrogen-bond acceptors (Lipinski definition) is 3. The number of hydrogen-bond donors (Lipinski definition) is 1. The second kappa shape index (κ2) is 5.04. The van der Waals surface area contributed by atoms with Gasteiger partial charge in [-0.05, 0) is 55.2 Å². The highest BCUT2D eigenvalue weighted by Crippen LogP contribution is 2.56. The molecule has 1 aromatic heterocycles. The first-order chi connectivity index (χ1) is 10.7. The van der Waals surface area contributed by atoms with Crippen LogP contribution in [0.15, 0.2) is 28.9 Å². The van der Waals surface area contributed by atoms with Crippen LogP contribution in [0.1, 0.15) is 42.5 Å². The third kappa shape index (κ3) is 2.18. The van der Waals surface area contributed by atoms with Crippen molar-refractivity contribution < 1.29 is 13.9 Å². The first-order valence-electron chi connectivity index (χ1n) is 8.05. The van der Waals surface area contributed by atoms with Crippen LogP contribution in [-0.2, 0) is 0 Å². The van der Waals surface area contributed by atoms with Gasteiger partial charge in [0, 0.05) is 11.9 Å². The summed E-state index contributed by atoms with van der Waals surface area (Å²) in [5.74, 6) is 1.53. The molecule has 116 valence electrons. The van der Waals surface area contributed by atoms with E-state index >= 15 is 0 Å². The molecule has 4 rings (SSSR count). The van der Waals surface area contributed by atoms with E-state index in [2.05, 4.69) is 5.32 Å². The van der Waals surface area contributed by atoms with Crippen molar-refractivity contribution in [3.05, 3.63) is 30.0 Å². The molecule has 0 unspecified atom stereocenters. The number of amides is 1. The molecule has 2 saturated carbocycles. The summed E-state index contributed by atoms with van der Waals surface area (Å²) in [6.07, 6.45) is 8.04. The molecule has 22 heavy (non-hydrogen) atoms. The van der Waals surface area contributed by atoms with Crippen LogP contribution in [0.3, 0.4) is 0 Å². The lowest BCUT2D eigenvalue weighted by Gasteiger charge is -2.42. The SMILES string of the molecule is COc1ccc2occ(C(=O)NCC3(C4CC4)CCC3)c2c1. The zero-order valence-electron chi connectivity index (χ0n) is 12.9. The summed E-state index contributed by atoms with van der Waals surface area (Å²) in [4.78, 5) is 12.5. The molecule has 2 aliphatic carbocycles. The second-order valence-corrected chi connectivity index (χ2v) is 6.68. The van der Waals surface area contributed by atoms with Gasteiger partial charge in [-0.2, -0.15) is 0 Å². The smallest absolute Gasteiger partial charge is 0.255 e. The van der Waals surface area contributed by atoms with Crippen molar-refractivity contribution in [2.24, 2.45) is 11.3 Å². The second-order valence-electron chi connectivity index (χ2n) is 6.68. The molecule has 0 saturated heterocycles. The van der Waals surface area contributed by atoms with Crippen LogP contribution in [0.25, 0.3) is 11.0 Å². The maximum Gasteiger partial charge on any atom is 0.255 e. The maximum atomic E-state index is 12.5. The summed E-state index contributed by atoms with van der Waals surface area (Å²) in [5, 5.41) is 3.95. The predicted molar refractivity (Wildman–Crippen MR) is 84.1 cm³/mol. The number of nitrogens with one attached hydrogen (secondary N) is 1. The molecule has 2 aromatic rings. The Labute approximate surface area is 129 Å². The fraction of sp³-hybridized carbons (Fsp3) is 0.500. The summed E-state index contributed by atoms with van der Waals surface area (Å²) in [6, 6.07) is 5.53. The average Bonchev–Trinajstić information content (AvgIpc) is 3.25. The standard InChI is InChI=1S/C18H21NO3/c1-21-13-5-6-16-14(9-13)15(10-22-16)17(20)19-11-18(7-2-8-18)12-3-4-12/h5-6,9-10,12H,2-4,7-8,11H2,1H3,(H,19,20). The minimum absolute atomic E-state index is 0.0427. The predicted octanol–water partition coefficient (Wildman–Crippen LogP) is 3.75. The summed E-state index contributed by atoms with van der Waals surface area (Å²) in [6.45, 7) is 0.799. The molecule has 2 aliphatic rings. The van der Waals surface area contributed by atoms with Crippen molar-refractivity contribution in [1.29, 1.82) is 0 Å². The normalized spacial score (nSPS) is 19.7. The van der Waals surface area contributed by atoms with Crippen LogP contribution in [-0.4, -0.2) is 19.6 Å². The molecule has 0 bridgehead atoms. The summed E-state index contributed by atoms with van der Waals surface area (Å²) >= 11 is 0. The molecule has 1 aromatic carbocycles. The van der Waals surface area contributed by atoms with Crippen molar-refractivity contribution in [2.45, 2.75) is 32.1 Å². The van der Waals surface area contributed by atoms with Crippen molar-refractivity contribution in [3.63, 3.8) is 0 Å². The number of benzene rings is 1. The molecule has 1 N–H and O–H groups in total. The van der Waals surface area contributed by atoms with Gasteiger partial charge >= 0.3 is 0 Å². The molecule has 0 spiro atoms. The Morgan fingerprint density at radius 3 is 2.86 bits per heavy atom. The molecule has 0 aliphatic heterocycles. The van der Waals surface area contributed by atoms with Crippen molar-refractivity contribution in [3.8, 4) is 5.75 Å². The van der Waals surface area contributed by atoms with Gasteiger partial charge in [-0.3, -0.25) is 4.79 Å². The lowest BCUT2D eigenvalue weighted by molar-refractivity contribution is 0.0782. The Hall–Kier alpha value is -1.97. The van der Waals surface area contributed by atoms with E-state index < -0.39 is 0 Å². The fourth-order valence-corrected chi connectivity index (χ4v) is 3.72. The maximum absolute atomic E-state index is 12.5. The van der Waals surface area contributed by atoms with Gasteiger partial charge in [-0.15, -0.1) is 0 Å². The van der Waals surface area contributed by atoms with Gasteiger partial charge in [-0.25, -0.2) is 0 Å². The van der Waals surface area contributed by atoms with Gasteiger partial charge in [0.2, 0.25) is 0 Å². The molecule has 2 fully saturated rings. The quantitative estimate of drug-likeness (QED) is 0.914. The number of ether oxygens (including phenoxy) is 1. The molecule has 0 atom stereocenters. The van der Waals surface area contributed by atoms with E-state index in [0.29, 0.717) is 16.6 Å². The van der Waals surface area contributed by atoms with Crippen molar-refractivity contribution in [2.75, 3.05) is 13.7 Å². The lowest BCUT2D eigenvalue weighted by Crippen LogP contribution is -2.43. The van der Waals surface area contributed by atoms with Crippen LogP contribution >= 0.6 is 0 Å². The molecule has 4 heteroatoms. The van der Waals surface area contributed by atoms with Gasteiger partial charge in [0.1, 0.15) is 17.6 Å². The Balaban J connectivity index is 1.52. The minimum Gasteiger partial charge on any atom is -0.497 e. The molecule has 0 radical (unpaired) electrons. The van der Waals surface area contributed by atoms with Gasteiger partial charge in [0.25, 0.3) is 5.91 Å². The molecule has 4 nitrogen and oxygen atoms in total.